The van der Waals surface area contributed by atoms with Gasteiger partial charge in [-0.25, -0.2) is 0 Å². The van der Waals surface area contributed by atoms with E-state index in [1.807, 2.05) is 7.05 Å². The molecule has 2 heteroatoms. The number of hydrogen-bond donors (Lipinski definition) is 1. The molecule has 82 valence electrons. The number of nitrogens with one attached hydrogen (secondary N) is 1. The Bertz CT molecular complexity index is 342. The average Bonchev–Trinajstić information content (AvgIpc) is 2.19. The maximum atomic E-state index is 4.17. The van der Waals surface area contributed by atoms with Crippen LogP contribution in [0.1, 0.15) is 31.9 Å². The molecular weight excluding hydrogens is 184 g/mol. The van der Waals surface area contributed by atoms with Crippen LogP contribution >= 0.6 is 0 Å². The Morgan fingerprint density at radius 1 is 1.13 bits per heavy atom. The molecule has 15 heavy (non-hydrogen) atoms. The quantitative estimate of drug-likeness (QED) is 0.552. The van der Waals surface area contributed by atoms with Crippen molar-refractivity contribution in [3.8, 4) is 0 Å². The van der Waals surface area contributed by atoms with Crippen molar-refractivity contribution in [2.24, 2.45) is 4.99 Å². The topological polar surface area (TPSA) is 24.4 Å². The van der Waals surface area contributed by atoms with E-state index in [1.165, 1.54) is 5.56 Å². The lowest BCUT2D eigenvalue weighted by Gasteiger charge is -2.19. The molecule has 0 saturated carbocycles. The van der Waals surface area contributed by atoms with E-state index in [1.54, 1.807) is 7.05 Å². The summed E-state index contributed by atoms with van der Waals surface area (Å²) in [6, 6.07) is 8.55. The SMILES string of the molecule is CN=C(NC)c1ccc(C(C)(C)C)cc1. The van der Waals surface area contributed by atoms with Crippen LogP contribution in [0.4, 0.5) is 0 Å². The molecule has 0 spiro atoms. The molecule has 1 aromatic rings. The summed E-state index contributed by atoms with van der Waals surface area (Å²) in [5.74, 6) is 0.926. The van der Waals surface area contributed by atoms with E-state index >= 15 is 0 Å². The van der Waals surface area contributed by atoms with Gasteiger partial charge in [-0.15, -0.1) is 0 Å². The monoisotopic (exact) mass is 204 g/mol. The first-order valence-corrected chi connectivity index (χ1v) is 5.24. The molecule has 0 aromatic heterocycles. The van der Waals surface area contributed by atoms with Gasteiger partial charge >= 0.3 is 0 Å². The third-order valence-corrected chi connectivity index (χ3v) is 2.48. The van der Waals surface area contributed by atoms with Gasteiger partial charge in [-0.3, -0.25) is 4.99 Å². The summed E-state index contributed by atoms with van der Waals surface area (Å²) in [4.78, 5) is 4.17. The van der Waals surface area contributed by atoms with E-state index in [0.717, 1.165) is 11.4 Å². The fourth-order valence-electron chi connectivity index (χ4n) is 1.51. The van der Waals surface area contributed by atoms with E-state index in [2.05, 4.69) is 55.3 Å². The van der Waals surface area contributed by atoms with Gasteiger partial charge in [0.2, 0.25) is 0 Å². The van der Waals surface area contributed by atoms with Crippen molar-refractivity contribution in [3.05, 3.63) is 35.4 Å². The zero-order valence-electron chi connectivity index (χ0n) is 10.3. The summed E-state index contributed by atoms with van der Waals surface area (Å²) in [7, 11) is 3.68. The lowest BCUT2D eigenvalue weighted by atomic mass is 9.86. The minimum atomic E-state index is 0.210. The highest BCUT2D eigenvalue weighted by Gasteiger charge is 2.13. The van der Waals surface area contributed by atoms with Crippen LogP contribution in [-0.4, -0.2) is 19.9 Å². The predicted molar refractivity (Wildman–Crippen MR) is 66.7 cm³/mol. The number of rotatable bonds is 1. The smallest absolute Gasteiger partial charge is 0.127 e. The standard InChI is InChI=1S/C13H20N2/c1-13(2,3)11-8-6-10(7-9-11)12(14-4)15-5/h6-9H,1-5H3,(H,14,15). The van der Waals surface area contributed by atoms with Crippen LogP contribution in [0, 0.1) is 0 Å². The van der Waals surface area contributed by atoms with Crippen molar-refractivity contribution in [2.75, 3.05) is 14.1 Å². The van der Waals surface area contributed by atoms with Gasteiger partial charge in [0.15, 0.2) is 0 Å². The van der Waals surface area contributed by atoms with Crippen molar-refractivity contribution < 1.29 is 0 Å². The van der Waals surface area contributed by atoms with Crippen LogP contribution in [0.3, 0.4) is 0 Å². The molecule has 0 fully saturated rings. The van der Waals surface area contributed by atoms with Crippen molar-refractivity contribution in [3.63, 3.8) is 0 Å². The molecule has 0 heterocycles. The molecule has 0 aliphatic rings. The molecule has 0 aliphatic heterocycles. The van der Waals surface area contributed by atoms with Gasteiger partial charge < -0.3 is 5.32 Å². The summed E-state index contributed by atoms with van der Waals surface area (Å²) in [5, 5.41) is 3.08. The molecular formula is C13H20N2. The zero-order chi connectivity index (χ0) is 11.5. The summed E-state index contributed by atoms with van der Waals surface area (Å²) in [5.41, 5.74) is 2.69. The van der Waals surface area contributed by atoms with Gasteiger partial charge in [0.25, 0.3) is 0 Å². The van der Waals surface area contributed by atoms with Gasteiger partial charge in [-0.1, -0.05) is 45.0 Å². The van der Waals surface area contributed by atoms with Crippen LogP contribution in [0.25, 0.3) is 0 Å². The second kappa shape index (κ2) is 4.47. The third-order valence-electron chi connectivity index (χ3n) is 2.48. The van der Waals surface area contributed by atoms with E-state index in [-0.39, 0.29) is 5.41 Å². The number of nitrogens with zero attached hydrogens (tertiary/aromatic N) is 1. The summed E-state index contributed by atoms with van der Waals surface area (Å²) < 4.78 is 0. The van der Waals surface area contributed by atoms with Crippen molar-refractivity contribution >= 4 is 5.84 Å². The van der Waals surface area contributed by atoms with E-state index < -0.39 is 0 Å². The molecule has 1 aromatic carbocycles. The number of amidine groups is 1. The fraction of sp³-hybridized carbons (Fsp3) is 0.462. The first kappa shape index (κ1) is 11.8. The first-order valence-electron chi connectivity index (χ1n) is 5.24. The Hall–Kier alpha value is -1.31. The van der Waals surface area contributed by atoms with Gasteiger partial charge in [-0.05, 0) is 11.0 Å². The Morgan fingerprint density at radius 2 is 1.67 bits per heavy atom. The Labute approximate surface area is 92.4 Å². The number of hydrogen-bond acceptors (Lipinski definition) is 1. The van der Waals surface area contributed by atoms with Crippen LogP contribution in [0.5, 0.6) is 0 Å². The maximum Gasteiger partial charge on any atom is 0.127 e. The molecule has 0 amide bonds. The van der Waals surface area contributed by atoms with Gasteiger partial charge in [-0.2, -0.15) is 0 Å². The van der Waals surface area contributed by atoms with Gasteiger partial charge in [0.05, 0.1) is 0 Å². The van der Waals surface area contributed by atoms with Gasteiger partial charge in [0.1, 0.15) is 5.84 Å². The third kappa shape index (κ3) is 2.82. The van der Waals surface area contributed by atoms with Crippen LogP contribution in [-0.2, 0) is 5.41 Å². The maximum absolute atomic E-state index is 4.17. The molecule has 1 N–H and O–H groups in total. The fourth-order valence-corrected chi connectivity index (χ4v) is 1.51. The van der Waals surface area contributed by atoms with Gasteiger partial charge in [0, 0.05) is 19.7 Å². The Balaban J connectivity index is 3.00. The molecule has 0 atom stereocenters. The lowest BCUT2D eigenvalue weighted by molar-refractivity contribution is 0.590. The normalized spacial score (nSPS) is 12.7. The molecule has 1 rings (SSSR count). The summed E-state index contributed by atoms with van der Waals surface area (Å²) >= 11 is 0. The van der Waals surface area contributed by atoms with Crippen LogP contribution in [0.15, 0.2) is 29.3 Å². The van der Waals surface area contributed by atoms with Crippen LogP contribution < -0.4 is 5.32 Å². The second-order valence-electron chi connectivity index (χ2n) is 4.65. The lowest BCUT2D eigenvalue weighted by Crippen LogP contribution is -2.19. The Kier molecular flexibility index (Phi) is 3.51. The van der Waals surface area contributed by atoms with Crippen molar-refractivity contribution in [1.82, 2.24) is 5.32 Å². The number of aliphatic imine (C=N–C) groups is 1. The van der Waals surface area contributed by atoms with Crippen molar-refractivity contribution in [2.45, 2.75) is 26.2 Å². The zero-order valence-corrected chi connectivity index (χ0v) is 10.3. The molecule has 0 bridgehead atoms. The number of benzene rings is 1. The minimum Gasteiger partial charge on any atom is -0.373 e. The molecule has 0 radical (unpaired) electrons. The molecule has 2 nitrogen and oxygen atoms in total. The molecule has 0 unspecified atom stereocenters. The first-order chi connectivity index (χ1) is 6.99. The highest BCUT2D eigenvalue weighted by Crippen LogP contribution is 2.22. The Morgan fingerprint density at radius 3 is 2.00 bits per heavy atom. The van der Waals surface area contributed by atoms with Crippen LogP contribution in [0.2, 0.25) is 0 Å². The van der Waals surface area contributed by atoms with E-state index in [9.17, 15) is 0 Å². The van der Waals surface area contributed by atoms with Crippen molar-refractivity contribution in [1.29, 1.82) is 0 Å². The summed E-state index contributed by atoms with van der Waals surface area (Å²) in [6.07, 6.45) is 0. The highest BCUT2D eigenvalue weighted by atomic mass is 14.9. The highest BCUT2D eigenvalue weighted by molar-refractivity contribution is 5.98. The van der Waals surface area contributed by atoms with E-state index in [0.29, 0.717) is 0 Å². The molecule has 0 saturated heterocycles. The largest absolute Gasteiger partial charge is 0.373 e. The van der Waals surface area contributed by atoms with E-state index in [4.69, 9.17) is 0 Å². The summed E-state index contributed by atoms with van der Waals surface area (Å²) in [6.45, 7) is 6.65. The predicted octanol–water partition coefficient (Wildman–Crippen LogP) is 2.58. The molecule has 0 aliphatic carbocycles. The minimum absolute atomic E-state index is 0.210. The average molecular weight is 204 g/mol. The second-order valence-corrected chi connectivity index (χ2v) is 4.65.